The van der Waals surface area contributed by atoms with E-state index in [4.69, 9.17) is 12.2 Å². The molecule has 1 aliphatic carbocycles. The standard InChI is InChI=1S/C19H22N4OS3/c1-14(16(24)22(2)19(13-20)11-7-4-8-12-19)26-17-21-23(18(25)27-17)15-9-5-3-6-10-15/h3,5-6,9-10,14H,4,7-8,11-12H2,1-2H3/t14-/m0/s1. The molecule has 2 aromatic rings. The average Bonchev–Trinajstić information content (AvgIpc) is 3.07. The fourth-order valence-corrected chi connectivity index (χ4v) is 5.98. The Balaban J connectivity index is 1.73. The lowest BCUT2D eigenvalue weighted by Crippen LogP contribution is -2.52. The van der Waals surface area contributed by atoms with Crippen LogP contribution in [-0.4, -0.2) is 38.4 Å². The number of hydrogen-bond donors (Lipinski definition) is 0. The third kappa shape index (κ3) is 4.26. The maximum Gasteiger partial charge on any atom is 0.236 e. The minimum Gasteiger partial charge on any atom is -0.326 e. The molecule has 8 heteroatoms. The topological polar surface area (TPSA) is 61.9 Å². The molecule has 1 aliphatic rings. The van der Waals surface area contributed by atoms with Crippen molar-refractivity contribution >= 4 is 41.2 Å². The summed E-state index contributed by atoms with van der Waals surface area (Å²) in [5.74, 6) is -0.0316. The van der Waals surface area contributed by atoms with E-state index in [1.165, 1.54) is 23.1 Å². The molecular formula is C19H22N4OS3. The number of hydrogen-bond acceptors (Lipinski definition) is 6. The maximum atomic E-state index is 13.0. The third-order valence-corrected chi connectivity index (χ3v) is 7.42. The highest BCUT2D eigenvalue weighted by molar-refractivity contribution is 8.02. The van der Waals surface area contributed by atoms with Crippen LogP contribution in [0.15, 0.2) is 34.7 Å². The Morgan fingerprint density at radius 3 is 2.67 bits per heavy atom. The van der Waals surface area contributed by atoms with Gasteiger partial charge in [-0.15, -0.1) is 5.10 Å². The molecule has 1 aromatic carbocycles. The van der Waals surface area contributed by atoms with Gasteiger partial charge in [0.1, 0.15) is 5.54 Å². The summed E-state index contributed by atoms with van der Waals surface area (Å²) >= 11 is 8.23. The van der Waals surface area contributed by atoms with Crippen molar-refractivity contribution in [3.8, 4) is 11.8 Å². The van der Waals surface area contributed by atoms with E-state index >= 15 is 0 Å². The van der Waals surface area contributed by atoms with Crippen molar-refractivity contribution in [3.63, 3.8) is 0 Å². The van der Waals surface area contributed by atoms with E-state index in [-0.39, 0.29) is 11.2 Å². The van der Waals surface area contributed by atoms with E-state index in [9.17, 15) is 10.1 Å². The van der Waals surface area contributed by atoms with Gasteiger partial charge in [-0.3, -0.25) is 4.79 Å². The molecule has 0 bridgehead atoms. The van der Waals surface area contributed by atoms with Gasteiger partial charge in [-0.2, -0.15) is 5.26 Å². The average molecular weight is 419 g/mol. The second-order valence-electron chi connectivity index (χ2n) is 6.74. The molecule has 0 radical (unpaired) electrons. The summed E-state index contributed by atoms with van der Waals surface area (Å²) in [7, 11) is 1.76. The normalized spacial score (nSPS) is 17.1. The van der Waals surface area contributed by atoms with Crippen LogP contribution in [0.25, 0.3) is 5.69 Å². The zero-order valence-electron chi connectivity index (χ0n) is 15.4. The summed E-state index contributed by atoms with van der Waals surface area (Å²) in [6.45, 7) is 1.87. The molecule has 0 unspecified atom stereocenters. The lowest BCUT2D eigenvalue weighted by Gasteiger charge is -2.39. The highest BCUT2D eigenvalue weighted by Crippen LogP contribution is 2.35. The molecule has 0 N–H and O–H groups in total. The molecule has 1 saturated carbocycles. The zero-order chi connectivity index (χ0) is 19.4. The largest absolute Gasteiger partial charge is 0.326 e. The number of amides is 1. The molecule has 1 fully saturated rings. The van der Waals surface area contributed by atoms with Gasteiger partial charge < -0.3 is 4.90 Å². The number of aromatic nitrogens is 2. The van der Waals surface area contributed by atoms with Gasteiger partial charge in [0.05, 0.1) is 17.0 Å². The van der Waals surface area contributed by atoms with Gasteiger partial charge in [-0.1, -0.05) is 60.6 Å². The lowest BCUT2D eigenvalue weighted by molar-refractivity contribution is -0.133. The van der Waals surface area contributed by atoms with Gasteiger partial charge in [-0.25, -0.2) is 4.68 Å². The molecule has 0 saturated heterocycles. The zero-order valence-corrected chi connectivity index (χ0v) is 17.9. The number of rotatable bonds is 5. The fraction of sp³-hybridized carbons (Fsp3) is 0.474. The summed E-state index contributed by atoms with van der Waals surface area (Å²) < 4.78 is 3.13. The van der Waals surface area contributed by atoms with Crippen LogP contribution in [0.1, 0.15) is 39.0 Å². The summed E-state index contributed by atoms with van der Waals surface area (Å²) in [6, 6.07) is 12.1. The van der Waals surface area contributed by atoms with Gasteiger partial charge in [0.15, 0.2) is 8.29 Å². The number of thioether (sulfide) groups is 1. The van der Waals surface area contributed by atoms with Crippen LogP contribution < -0.4 is 0 Å². The number of benzene rings is 1. The highest BCUT2D eigenvalue weighted by Gasteiger charge is 2.40. The van der Waals surface area contributed by atoms with Crippen molar-refractivity contribution in [2.24, 2.45) is 0 Å². The first-order valence-corrected chi connectivity index (χ1v) is 11.1. The van der Waals surface area contributed by atoms with Crippen LogP contribution >= 0.6 is 35.3 Å². The predicted octanol–water partition coefficient (Wildman–Crippen LogP) is 4.83. The van der Waals surface area contributed by atoms with Crippen molar-refractivity contribution in [1.29, 1.82) is 5.26 Å². The first kappa shape index (κ1) is 20.1. The smallest absolute Gasteiger partial charge is 0.236 e. The molecule has 1 atom stereocenters. The van der Waals surface area contributed by atoms with Crippen LogP contribution in [0, 0.1) is 15.3 Å². The molecule has 0 spiro atoms. The minimum atomic E-state index is -0.667. The Labute approximate surface area is 173 Å². The number of nitrogens with zero attached hydrogens (tertiary/aromatic N) is 4. The van der Waals surface area contributed by atoms with E-state index in [0.717, 1.165) is 42.1 Å². The first-order valence-electron chi connectivity index (χ1n) is 8.98. The summed E-state index contributed by atoms with van der Waals surface area (Å²) in [5, 5.41) is 14.0. The molecule has 1 amide bonds. The van der Waals surface area contributed by atoms with Gasteiger partial charge in [0.25, 0.3) is 0 Å². The Bertz CT molecular complexity index is 894. The summed E-state index contributed by atoms with van der Waals surface area (Å²) in [5.41, 5.74) is 0.243. The van der Waals surface area contributed by atoms with E-state index in [0.29, 0.717) is 3.95 Å². The van der Waals surface area contributed by atoms with Crippen molar-refractivity contribution < 1.29 is 4.79 Å². The van der Waals surface area contributed by atoms with Crippen LogP contribution in [-0.2, 0) is 4.79 Å². The quantitative estimate of drug-likeness (QED) is 0.514. The van der Waals surface area contributed by atoms with Crippen molar-refractivity contribution in [3.05, 3.63) is 34.3 Å². The lowest BCUT2D eigenvalue weighted by atomic mass is 9.81. The van der Waals surface area contributed by atoms with Gasteiger partial charge in [0.2, 0.25) is 5.91 Å². The van der Waals surface area contributed by atoms with Gasteiger partial charge in [0, 0.05) is 7.05 Å². The monoisotopic (exact) mass is 418 g/mol. The third-order valence-electron chi connectivity index (χ3n) is 5.02. The number of nitriles is 1. The Hall–Kier alpha value is -1.69. The SMILES string of the molecule is C[C@H](Sc1nn(-c2ccccc2)c(=S)s1)C(=O)N(C)C1(C#N)CCCCC1. The Morgan fingerprint density at radius 2 is 2.04 bits per heavy atom. The van der Waals surface area contributed by atoms with Crippen LogP contribution in [0.2, 0.25) is 0 Å². The summed E-state index contributed by atoms with van der Waals surface area (Å²) in [6.07, 6.45) is 4.64. The number of para-hydroxylation sites is 1. The van der Waals surface area contributed by atoms with E-state index < -0.39 is 5.54 Å². The molecule has 0 aliphatic heterocycles. The first-order chi connectivity index (χ1) is 13.0. The second kappa shape index (κ2) is 8.55. The van der Waals surface area contributed by atoms with Crippen LogP contribution in [0.5, 0.6) is 0 Å². The number of carbonyl (C=O) groups excluding carboxylic acids is 1. The van der Waals surface area contributed by atoms with Crippen LogP contribution in [0.4, 0.5) is 0 Å². The van der Waals surface area contributed by atoms with E-state index in [2.05, 4.69) is 11.2 Å². The van der Waals surface area contributed by atoms with Crippen molar-refractivity contribution in [2.45, 2.75) is 54.2 Å². The molecule has 1 aromatic heterocycles. The Kier molecular flexibility index (Phi) is 6.35. The summed E-state index contributed by atoms with van der Waals surface area (Å²) in [4.78, 5) is 14.6. The number of carbonyl (C=O) groups is 1. The second-order valence-corrected chi connectivity index (χ2v) is 9.95. The fourth-order valence-electron chi connectivity index (χ4n) is 3.38. The van der Waals surface area contributed by atoms with E-state index in [1.54, 1.807) is 16.6 Å². The van der Waals surface area contributed by atoms with Crippen molar-refractivity contribution in [2.75, 3.05) is 7.05 Å². The molecule has 27 heavy (non-hydrogen) atoms. The molecule has 142 valence electrons. The predicted molar refractivity (Wildman–Crippen MR) is 112 cm³/mol. The molecular weight excluding hydrogens is 396 g/mol. The van der Waals surface area contributed by atoms with Crippen LogP contribution in [0.3, 0.4) is 0 Å². The highest BCUT2D eigenvalue weighted by atomic mass is 32.2. The minimum absolute atomic E-state index is 0.0316. The van der Waals surface area contributed by atoms with Crippen molar-refractivity contribution in [1.82, 2.24) is 14.7 Å². The molecule has 1 heterocycles. The van der Waals surface area contributed by atoms with Gasteiger partial charge in [-0.05, 0) is 44.1 Å². The Morgan fingerprint density at radius 1 is 1.37 bits per heavy atom. The molecule has 5 nitrogen and oxygen atoms in total. The van der Waals surface area contributed by atoms with E-state index in [1.807, 2.05) is 37.3 Å². The van der Waals surface area contributed by atoms with Gasteiger partial charge >= 0.3 is 0 Å². The molecule has 3 rings (SSSR count). The maximum absolute atomic E-state index is 13.0.